The van der Waals surface area contributed by atoms with Gasteiger partial charge in [-0.15, -0.1) is 5.10 Å². The molecular weight excluding hydrogens is 386 g/mol. The van der Waals surface area contributed by atoms with E-state index in [2.05, 4.69) is 25.7 Å². The molecule has 1 fully saturated rings. The predicted molar refractivity (Wildman–Crippen MR) is 106 cm³/mol. The Hall–Kier alpha value is -3.14. The molecule has 3 heterocycles. The minimum absolute atomic E-state index is 0.0581. The van der Waals surface area contributed by atoms with Gasteiger partial charge in [0.05, 0.1) is 18.7 Å². The fraction of sp³-hybridized carbons (Fsp3) is 0.500. The zero-order valence-corrected chi connectivity index (χ0v) is 17.2. The number of aryl methyl sites for hydroxylation is 1. The first kappa shape index (κ1) is 20.1. The fourth-order valence-corrected chi connectivity index (χ4v) is 3.69. The Labute approximate surface area is 174 Å². The number of ether oxygens (including phenoxy) is 1. The van der Waals surface area contributed by atoms with Crippen LogP contribution in [0.1, 0.15) is 48.4 Å². The van der Waals surface area contributed by atoms with Gasteiger partial charge in [-0.05, 0) is 54.3 Å². The number of carbonyl (C=O) groups is 1. The fourth-order valence-electron chi connectivity index (χ4n) is 3.69. The van der Waals surface area contributed by atoms with Crippen molar-refractivity contribution < 1.29 is 14.1 Å². The largest absolute Gasteiger partial charge is 0.384 e. The van der Waals surface area contributed by atoms with Crippen LogP contribution < -0.4 is 0 Å². The third-order valence-corrected chi connectivity index (χ3v) is 5.28. The van der Waals surface area contributed by atoms with E-state index in [1.807, 2.05) is 36.1 Å². The maximum atomic E-state index is 13.1. The summed E-state index contributed by atoms with van der Waals surface area (Å²) in [6.07, 6.45) is 3.74. The van der Waals surface area contributed by atoms with Gasteiger partial charge in [-0.25, -0.2) is 0 Å². The summed E-state index contributed by atoms with van der Waals surface area (Å²) in [5, 5.41) is 15.5. The van der Waals surface area contributed by atoms with Gasteiger partial charge in [0.15, 0.2) is 11.6 Å². The van der Waals surface area contributed by atoms with E-state index >= 15 is 0 Å². The highest BCUT2D eigenvalue weighted by atomic mass is 16.5. The molecule has 0 radical (unpaired) electrons. The van der Waals surface area contributed by atoms with Gasteiger partial charge in [-0.3, -0.25) is 4.79 Å². The first-order valence-corrected chi connectivity index (χ1v) is 10.1. The molecule has 1 aliphatic rings. The lowest BCUT2D eigenvalue weighted by molar-refractivity contribution is -0.135. The molecule has 10 nitrogen and oxygen atoms in total. The first-order chi connectivity index (χ1) is 14.7. The van der Waals surface area contributed by atoms with Crippen LogP contribution in [0.25, 0.3) is 5.69 Å². The Bertz CT molecular complexity index is 982. The van der Waals surface area contributed by atoms with Crippen molar-refractivity contribution in [2.24, 2.45) is 0 Å². The summed E-state index contributed by atoms with van der Waals surface area (Å²) < 4.78 is 12.2. The first-order valence-electron chi connectivity index (χ1n) is 10.1. The van der Waals surface area contributed by atoms with Crippen molar-refractivity contribution in [2.75, 3.05) is 20.3 Å². The number of piperidine rings is 1. The maximum absolute atomic E-state index is 13.1. The van der Waals surface area contributed by atoms with Crippen LogP contribution in [0.5, 0.6) is 0 Å². The summed E-state index contributed by atoms with van der Waals surface area (Å²) in [5.74, 6) is 1.89. The van der Waals surface area contributed by atoms with Gasteiger partial charge in [-0.1, -0.05) is 17.3 Å². The average molecular weight is 411 g/mol. The molecule has 0 saturated carbocycles. The molecule has 158 valence electrons. The van der Waals surface area contributed by atoms with E-state index < -0.39 is 0 Å². The molecular formula is C20H25N7O3. The van der Waals surface area contributed by atoms with Gasteiger partial charge in [0, 0.05) is 20.1 Å². The second-order valence-electron chi connectivity index (χ2n) is 7.37. The third kappa shape index (κ3) is 4.38. The highest BCUT2D eigenvalue weighted by molar-refractivity contribution is 5.79. The van der Waals surface area contributed by atoms with Crippen LogP contribution in [0.15, 0.2) is 28.8 Å². The SMILES string of the molecule is COCCc1noc(C2CCCCN2C(=O)Cc2ccc(-n3nnnc3C)cc2)n1. The van der Waals surface area contributed by atoms with Gasteiger partial charge in [0.1, 0.15) is 6.04 Å². The molecule has 4 rings (SSSR count). The number of aromatic nitrogens is 6. The summed E-state index contributed by atoms with van der Waals surface area (Å²) in [5.41, 5.74) is 1.80. The van der Waals surface area contributed by atoms with E-state index in [1.165, 1.54) is 0 Å². The molecule has 2 aromatic heterocycles. The second-order valence-corrected chi connectivity index (χ2v) is 7.37. The second kappa shape index (κ2) is 9.12. The lowest BCUT2D eigenvalue weighted by Crippen LogP contribution is -2.39. The number of nitrogens with zero attached hydrogens (tertiary/aromatic N) is 7. The van der Waals surface area contributed by atoms with E-state index in [4.69, 9.17) is 9.26 Å². The molecule has 1 aromatic carbocycles. The highest BCUT2D eigenvalue weighted by Crippen LogP contribution is 2.30. The summed E-state index contributed by atoms with van der Waals surface area (Å²) in [6, 6.07) is 7.53. The number of methoxy groups -OCH3 is 1. The van der Waals surface area contributed by atoms with Gasteiger partial charge in [0.2, 0.25) is 11.8 Å². The molecule has 1 saturated heterocycles. The van der Waals surface area contributed by atoms with Crippen LogP contribution in [0.2, 0.25) is 0 Å². The van der Waals surface area contributed by atoms with Crippen molar-refractivity contribution in [1.82, 2.24) is 35.2 Å². The Balaban J connectivity index is 1.44. The number of likely N-dealkylation sites (tertiary alicyclic amines) is 1. The molecule has 1 atom stereocenters. The molecule has 0 N–H and O–H groups in total. The lowest BCUT2D eigenvalue weighted by Gasteiger charge is -2.33. The minimum atomic E-state index is -0.168. The molecule has 30 heavy (non-hydrogen) atoms. The minimum Gasteiger partial charge on any atom is -0.384 e. The Kier molecular flexibility index (Phi) is 6.12. The van der Waals surface area contributed by atoms with E-state index in [1.54, 1.807) is 11.8 Å². The van der Waals surface area contributed by atoms with Crippen LogP contribution >= 0.6 is 0 Å². The Morgan fingerprint density at radius 3 is 2.83 bits per heavy atom. The zero-order chi connectivity index (χ0) is 20.9. The van der Waals surface area contributed by atoms with Gasteiger partial charge >= 0.3 is 0 Å². The number of hydrogen-bond acceptors (Lipinski definition) is 8. The summed E-state index contributed by atoms with van der Waals surface area (Å²) >= 11 is 0. The smallest absolute Gasteiger partial charge is 0.249 e. The van der Waals surface area contributed by atoms with Crippen molar-refractivity contribution in [3.8, 4) is 5.69 Å². The molecule has 1 unspecified atom stereocenters. The predicted octanol–water partition coefficient (Wildman–Crippen LogP) is 1.84. The van der Waals surface area contributed by atoms with E-state index in [0.717, 1.165) is 30.5 Å². The van der Waals surface area contributed by atoms with Crippen LogP contribution in [0, 0.1) is 6.92 Å². The molecule has 10 heteroatoms. The van der Waals surface area contributed by atoms with E-state index in [0.29, 0.717) is 43.5 Å². The number of hydrogen-bond donors (Lipinski definition) is 0. The van der Waals surface area contributed by atoms with Crippen molar-refractivity contribution in [2.45, 2.75) is 45.1 Å². The zero-order valence-electron chi connectivity index (χ0n) is 17.2. The van der Waals surface area contributed by atoms with Crippen LogP contribution in [0.3, 0.4) is 0 Å². The third-order valence-electron chi connectivity index (χ3n) is 5.28. The van der Waals surface area contributed by atoms with Crippen LogP contribution in [-0.2, 0) is 22.4 Å². The topological polar surface area (TPSA) is 112 Å². The van der Waals surface area contributed by atoms with Crippen molar-refractivity contribution >= 4 is 5.91 Å². The summed E-state index contributed by atoms with van der Waals surface area (Å²) in [7, 11) is 1.64. The van der Waals surface area contributed by atoms with Crippen molar-refractivity contribution in [1.29, 1.82) is 0 Å². The summed E-state index contributed by atoms with van der Waals surface area (Å²) in [4.78, 5) is 19.4. The van der Waals surface area contributed by atoms with Crippen LogP contribution in [-0.4, -0.2) is 61.4 Å². The van der Waals surface area contributed by atoms with Crippen molar-refractivity contribution in [3.05, 3.63) is 47.4 Å². The number of carbonyl (C=O) groups excluding carboxylic acids is 1. The molecule has 0 aliphatic carbocycles. The molecule has 1 amide bonds. The number of benzene rings is 1. The maximum Gasteiger partial charge on any atom is 0.249 e. The molecule has 1 aliphatic heterocycles. The highest BCUT2D eigenvalue weighted by Gasteiger charge is 2.32. The normalized spacial score (nSPS) is 16.7. The quantitative estimate of drug-likeness (QED) is 0.579. The Morgan fingerprint density at radius 2 is 2.10 bits per heavy atom. The van der Waals surface area contributed by atoms with E-state index in [-0.39, 0.29) is 11.9 Å². The number of rotatable bonds is 7. The van der Waals surface area contributed by atoms with E-state index in [9.17, 15) is 4.79 Å². The number of tetrazole rings is 1. The molecule has 0 bridgehead atoms. The summed E-state index contributed by atoms with van der Waals surface area (Å²) in [6.45, 7) is 3.07. The Morgan fingerprint density at radius 1 is 1.27 bits per heavy atom. The standard InChI is InChI=1S/C20H25N7O3/c1-14-22-24-25-27(14)16-8-6-15(7-9-16)13-19(28)26-11-4-3-5-17(26)20-21-18(23-30-20)10-12-29-2/h6-9,17H,3-5,10-13H2,1-2H3. The van der Waals surface area contributed by atoms with Gasteiger partial charge < -0.3 is 14.2 Å². The number of amides is 1. The van der Waals surface area contributed by atoms with Crippen LogP contribution in [0.4, 0.5) is 0 Å². The molecule has 3 aromatic rings. The van der Waals surface area contributed by atoms with Gasteiger partial charge in [0.25, 0.3) is 0 Å². The average Bonchev–Trinajstić information content (AvgIpc) is 3.42. The lowest BCUT2D eigenvalue weighted by atomic mass is 10.0. The van der Waals surface area contributed by atoms with Crippen molar-refractivity contribution in [3.63, 3.8) is 0 Å². The monoisotopic (exact) mass is 411 g/mol. The van der Waals surface area contributed by atoms with Gasteiger partial charge in [-0.2, -0.15) is 9.67 Å². The molecule has 0 spiro atoms.